The van der Waals surface area contributed by atoms with E-state index in [1.165, 1.54) is 6.33 Å². The molecule has 0 aliphatic carbocycles. The lowest BCUT2D eigenvalue weighted by atomic mass is 9.96. The molecule has 0 atom stereocenters. The molecule has 0 amide bonds. The van der Waals surface area contributed by atoms with Gasteiger partial charge >= 0.3 is 17.7 Å². The Labute approximate surface area is 172 Å². The molecule has 0 fully saturated rings. The first-order valence-electron chi connectivity index (χ1n) is 9.67. The monoisotopic (exact) mass is 407 g/mol. The number of aromatic nitrogens is 3. The molecule has 0 saturated heterocycles. The minimum absolute atomic E-state index is 0.163. The van der Waals surface area contributed by atoms with Crippen LogP contribution in [-0.2, 0) is 39.0 Å². The number of imidazole rings is 1. The van der Waals surface area contributed by atoms with Gasteiger partial charge in [0, 0.05) is 42.0 Å². The van der Waals surface area contributed by atoms with Gasteiger partial charge in [0.05, 0.1) is 24.0 Å². The Morgan fingerprint density at radius 1 is 1.17 bits per heavy atom. The normalized spacial score (nSPS) is 15.7. The summed E-state index contributed by atoms with van der Waals surface area (Å²) in [6, 6.07) is 7.35. The number of hydrogen-bond donors (Lipinski definition) is 1. The second kappa shape index (κ2) is 7.62. The van der Waals surface area contributed by atoms with Crippen LogP contribution in [-0.4, -0.2) is 38.0 Å². The largest absolute Gasteiger partial charge is 0.411 e. The van der Waals surface area contributed by atoms with Gasteiger partial charge in [0.2, 0.25) is 5.78 Å². The van der Waals surface area contributed by atoms with Crippen LogP contribution in [0.1, 0.15) is 35.1 Å². The van der Waals surface area contributed by atoms with Gasteiger partial charge in [-0.05, 0) is 12.5 Å². The number of carbonyl (C=O) groups is 3. The summed E-state index contributed by atoms with van der Waals surface area (Å²) in [5.41, 5.74) is 2.43. The third-order valence-corrected chi connectivity index (χ3v) is 5.08. The summed E-state index contributed by atoms with van der Waals surface area (Å²) in [4.78, 5) is 45.6. The molecular weight excluding hydrogens is 386 g/mol. The molecule has 2 aromatic heterocycles. The fourth-order valence-corrected chi connectivity index (χ4v) is 3.71. The number of aryl methyl sites for hydroxylation is 2. The number of fused-ring (bicyclic) bond motifs is 1. The van der Waals surface area contributed by atoms with E-state index in [1.54, 1.807) is 16.8 Å². The number of aromatic amines is 1. The van der Waals surface area contributed by atoms with E-state index in [0.29, 0.717) is 23.1 Å². The summed E-state index contributed by atoms with van der Waals surface area (Å²) in [7, 11) is 1.81. The Morgan fingerprint density at radius 2 is 1.87 bits per heavy atom. The standard InChI is InChI=1S/C22H21N3O5/c1-3-6-16-17(24-13-23-16)11-22(29-19(26)9-10-20(27)30-22)21(28)15-12-25(2)18-8-5-4-7-14(15)18/h4-5,7-10,12-13H,3,6,11H2,1-2H3,(H,23,24). The average Bonchev–Trinajstić information content (AvgIpc) is 3.26. The van der Waals surface area contributed by atoms with E-state index in [-0.39, 0.29) is 6.42 Å². The number of nitrogens with one attached hydrogen (secondary N) is 1. The summed E-state index contributed by atoms with van der Waals surface area (Å²) in [5, 5.41) is 0.673. The van der Waals surface area contributed by atoms with Gasteiger partial charge in [0.1, 0.15) is 0 Å². The molecular formula is C22H21N3O5. The maximum absolute atomic E-state index is 13.8. The van der Waals surface area contributed by atoms with Crippen LogP contribution < -0.4 is 0 Å². The Bertz CT molecular complexity index is 1150. The van der Waals surface area contributed by atoms with Gasteiger partial charge in [0.15, 0.2) is 0 Å². The minimum atomic E-state index is -2.14. The quantitative estimate of drug-likeness (QED) is 0.498. The van der Waals surface area contributed by atoms with Gasteiger partial charge in [-0.2, -0.15) is 0 Å². The van der Waals surface area contributed by atoms with Crippen LogP contribution in [0.25, 0.3) is 10.9 Å². The van der Waals surface area contributed by atoms with E-state index >= 15 is 0 Å². The maximum Gasteiger partial charge on any atom is 0.334 e. The van der Waals surface area contributed by atoms with E-state index < -0.39 is 23.5 Å². The van der Waals surface area contributed by atoms with Gasteiger partial charge in [0.25, 0.3) is 0 Å². The fraction of sp³-hybridized carbons (Fsp3) is 0.273. The van der Waals surface area contributed by atoms with Crippen molar-refractivity contribution in [2.45, 2.75) is 32.0 Å². The van der Waals surface area contributed by atoms with Crippen LogP contribution in [0.2, 0.25) is 0 Å². The van der Waals surface area contributed by atoms with Crippen molar-refractivity contribution in [1.82, 2.24) is 14.5 Å². The van der Waals surface area contributed by atoms with Gasteiger partial charge in [-0.3, -0.25) is 4.79 Å². The van der Waals surface area contributed by atoms with Crippen molar-refractivity contribution < 1.29 is 23.9 Å². The molecule has 1 aromatic carbocycles. The van der Waals surface area contributed by atoms with Crippen LogP contribution in [0.4, 0.5) is 0 Å². The van der Waals surface area contributed by atoms with Crippen molar-refractivity contribution in [1.29, 1.82) is 0 Å². The van der Waals surface area contributed by atoms with Gasteiger partial charge in [-0.15, -0.1) is 0 Å². The Balaban J connectivity index is 1.84. The molecule has 1 N–H and O–H groups in total. The van der Waals surface area contributed by atoms with Crippen LogP contribution in [0.3, 0.4) is 0 Å². The summed E-state index contributed by atoms with van der Waals surface area (Å²) >= 11 is 0. The van der Waals surface area contributed by atoms with Crippen molar-refractivity contribution in [3.05, 3.63) is 65.9 Å². The first kappa shape index (κ1) is 19.6. The van der Waals surface area contributed by atoms with Gasteiger partial charge in [-0.1, -0.05) is 31.5 Å². The predicted molar refractivity (Wildman–Crippen MR) is 108 cm³/mol. The number of benzene rings is 1. The molecule has 1 aliphatic heterocycles. The number of esters is 2. The predicted octanol–water partition coefficient (Wildman–Crippen LogP) is 2.63. The second-order valence-corrected chi connectivity index (χ2v) is 7.18. The number of carbonyl (C=O) groups excluding carboxylic acids is 3. The number of cyclic esters (lactones) is 2. The summed E-state index contributed by atoms with van der Waals surface area (Å²) < 4.78 is 12.7. The average molecular weight is 407 g/mol. The Hall–Kier alpha value is -3.68. The number of Topliss-reactive ketones (excluding diaryl/α,β-unsaturated/α-hetero) is 1. The Morgan fingerprint density at radius 3 is 2.57 bits per heavy atom. The molecule has 3 aromatic rings. The highest BCUT2D eigenvalue weighted by molar-refractivity contribution is 6.13. The topological polar surface area (TPSA) is 103 Å². The smallest absolute Gasteiger partial charge is 0.334 e. The van der Waals surface area contributed by atoms with E-state index in [9.17, 15) is 14.4 Å². The lowest BCUT2D eigenvalue weighted by molar-refractivity contribution is -0.201. The summed E-state index contributed by atoms with van der Waals surface area (Å²) in [5.74, 6) is -4.41. The lowest BCUT2D eigenvalue weighted by Crippen LogP contribution is -2.48. The van der Waals surface area contributed by atoms with E-state index in [0.717, 1.165) is 29.8 Å². The second-order valence-electron chi connectivity index (χ2n) is 7.18. The molecule has 3 heterocycles. The zero-order valence-electron chi connectivity index (χ0n) is 16.7. The third-order valence-electron chi connectivity index (χ3n) is 5.08. The number of para-hydroxylation sites is 1. The minimum Gasteiger partial charge on any atom is -0.411 e. The van der Waals surface area contributed by atoms with Crippen molar-refractivity contribution >= 4 is 28.6 Å². The summed E-state index contributed by atoms with van der Waals surface area (Å²) in [6.07, 6.45) is 6.41. The molecule has 8 nitrogen and oxygen atoms in total. The van der Waals surface area contributed by atoms with Crippen LogP contribution in [0.15, 0.2) is 48.9 Å². The van der Waals surface area contributed by atoms with E-state index in [2.05, 4.69) is 9.97 Å². The highest BCUT2D eigenvalue weighted by Crippen LogP contribution is 2.31. The van der Waals surface area contributed by atoms with E-state index in [4.69, 9.17) is 9.47 Å². The molecule has 0 saturated carbocycles. The number of ether oxygens (including phenoxy) is 2. The zero-order valence-corrected chi connectivity index (χ0v) is 16.7. The van der Waals surface area contributed by atoms with Gasteiger partial charge in [-0.25, -0.2) is 14.6 Å². The maximum atomic E-state index is 13.8. The van der Waals surface area contributed by atoms with Crippen molar-refractivity contribution in [2.75, 3.05) is 0 Å². The van der Waals surface area contributed by atoms with Crippen molar-refractivity contribution in [3.8, 4) is 0 Å². The van der Waals surface area contributed by atoms with Crippen LogP contribution in [0, 0.1) is 0 Å². The third kappa shape index (κ3) is 3.41. The van der Waals surface area contributed by atoms with E-state index in [1.807, 2.05) is 32.2 Å². The molecule has 0 bridgehead atoms. The molecule has 8 heteroatoms. The zero-order chi connectivity index (χ0) is 21.3. The molecule has 1 aliphatic rings. The summed E-state index contributed by atoms with van der Waals surface area (Å²) in [6.45, 7) is 2.01. The molecule has 30 heavy (non-hydrogen) atoms. The van der Waals surface area contributed by atoms with Crippen LogP contribution in [0.5, 0.6) is 0 Å². The number of hydrogen-bond acceptors (Lipinski definition) is 6. The molecule has 0 radical (unpaired) electrons. The number of rotatable bonds is 6. The number of ketones is 1. The SMILES string of the molecule is CCCc1nc[nH]c1CC1(C(=O)c2cn(C)c3ccccc23)OC(=O)C=CC(=O)O1. The first-order valence-corrected chi connectivity index (χ1v) is 9.67. The van der Waals surface area contributed by atoms with Gasteiger partial charge < -0.3 is 19.0 Å². The Kier molecular flexibility index (Phi) is 4.99. The molecule has 4 rings (SSSR count). The first-order chi connectivity index (χ1) is 14.4. The number of H-pyrrole nitrogens is 1. The highest BCUT2D eigenvalue weighted by Gasteiger charge is 2.49. The van der Waals surface area contributed by atoms with Crippen molar-refractivity contribution in [2.24, 2.45) is 7.05 Å². The molecule has 0 unspecified atom stereocenters. The molecule has 154 valence electrons. The van der Waals surface area contributed by atoms with Crippen molar-refractivity contribution in [3.63, 3.8) is 0 Å². The fourth-order valence-electron chi connectivity index (χ4n) is 3.71. The van der Waals surface area contributed by atoms with Crippen LogP contribution >= 0.6 is 0 Å². The molecule has 0 spiro atoms. The number of nitrogens with zero attached hydrogens (tertiary/aromatic N) is 2. The lowest BCUT2D eigenvalue weighted by Gasteiger charge is -2.29. The highest BCUT2D eigenvalue weighted by atomic mass is 16.7.